The van der Waals surface area contributed by atoms with Crippen molar-refractivity contribution in [2.75, 3.05) is 26.2 Å². The number of amides is 2. The number of hydrogen-bond acceptors (Lipinski definition) is 8. The summed E-state index contributed by atoms with van der Waals surface area (Å²) in [6.45, 7) is 2.24. The molecule has 2 amide bonds. The van der Waals surface area contributed by atoms with Crippen LogP contribution in [-0.2, 0) is 14.4 Å². The van der Waals surface area contributed by atoms with Crippen molar-refractivity contribution < 1.29 is 19.5 Å². The normalized spacial score (nSPS) is 13.7. The first-order chi connectivity index (χ1) is 10.9. The van der Waals surface area contributed by atoms with Gasteiger partial charge in [-0.15, -0.1) is 10.1 Å². The lowest BCUT2D eigenvalue weighted by atomic mass is 10.0. The molecule has 11 nitrogen and oxygen atoms in total. The van der Waals surface area contributed by atoms with Crippen LogP contribution in [0, 0.1) is 21.6 Å². The molecule has 23 heavy (non-hydrogen) atoms. The van der Waals surface area contributed by atoms with Crippen LogP contribution in [0.25, 0.3) is 0 Å². The first kappa shape index (κ1) is 17.8. The largest absolute Gasteiger partial charge is 0.387 e. The summed E-state index contributed by atoms with van der Waals surface area (Å²) in [5, 5.41) is 22.7. The number of nitrogens with one attached hydrogen (secondary N) is 2. The third-order valence-corrected chi connectivity index (χ3v) is 2.86. The van der Waals surface area contributed by atoms with E-state index in [1.54, 1.807) is 0 Å². The third-order valence-electron chi connectivity index (χ3n) is 2.86. The van der Waals surface area contributed by atoms with E-state index in [0.717, 1.165) is 0 Å². The smallest absolute Gasteiger partial charge is 0.294 e. The number of primary amides is 1. The van der Waals surface area contributed by atoms with Gasteiger partial charge in [-0.2, -0.15) is 5.26 Å². The van der Waals surface area contributed by atoms with Crippen molar-refractivity contribution in [1.82, 2.24) is 15.5 Å². The van der Waals surface area contributed by atoms with Gasteiger partial charge in [0.25, 0.3) is 16.9 Å². The topological polar surface area (TPSA) is 164 Å². The minimum absolute atomic E-state index is 0.0364. The van der Waals surface area contributed by atoms with E-state index in [9.17, 15) is 19.7 Å². The molecule has 0 spiro atoms. The third kappa shape index (κ3) is 4.88. The number of likely N-dealkylation sites (N-methyl/N-ethyl adjacent to an activating group) is 1. The lowest BCUT2D eigenvalue weighted by Crippen LogP contribution is -2.42. The van der Waals surface area contributed by atoms with Crippen LogP contribution in [0.1, 0.15) is 6.92 Å². The maximum atomic E-state index is 12.0. The Kier molecular flexibility index (Phi) is 6.35. The van der Waals surface area contributed by atoms with Crippen LogP contribution in [0.2, 0.25) is 0 Å². The van der Waals surface area contributed by atoms with Crippen molar-refractivity contribution in [2.45, 2.75) is 6.92 Å². The van der Waals surface area contributed by atoms with Crippen molar-refractivity contribution in [3.8, 4) is 6.19 Å². The highest BCUT2D eigenvalue weighted by Gasteiger charge is 2.28. The molecule has 11 heteroatoms. The maximum Gasteiger partial charge on any atom is 0.294 e. The molecule has 0 radical (unpaired) electrons. The summed E-state index contributed by atoms with van der Waals surface area (Å²) in [5.41, 5.74) is 5.68. The van der Waals surface area contributed by atoms with Gasteiger partial charge in [0.1, 0.15) is 12.3 Å². The minimum atomic E-state index is -0.956. The van der Waals surface area contributed by atoms with E-state index < -0.39 is 16.9 Å². The van der Waals surface area contributed by atoms with Gasteiger partial charge in [0.2, 0.25) is 0 Å². The highest BCUT2D eigenvalue weighted by molar-refractivity contribution is 6.06. The highest BCUT2D eigenvalue weighted by Crippen LogP contribution is 2.20. The molecule has 0 fully saturated rings. The first-order valence-electron chi connectivity index (χ1n) is 6.60. The first-order valence-corrected chi connectivity index (χ1v) is 6.60. The SMILES string of the molecule is CCNC1=CC(C(=O)NC#N)=C(C(N)=O)N(CCO[N+](=O)[O-])C1. The molecular formula is C12H16N6O5. The number of nitrogens with zero attached hydrogens (tertiary/aromatic N) is 3. The Labute approximate surface area is 131 Å². The Morgan fingerprint density at radius 1 is 1.61 bits per heavy atom. The lowest BCUT2D eigenvalue weighted by molar-refractivity contribution is -0.757. The Bertz CT molecular complexity index is 606. The Balaban J connectivity index is 3.15. The average Bonchev–Trinajstić information content (AvgIpc) is 2.46. The summed E-state index contributed by atoms with van der Waals surface area (Å²) < 4.78 is 0. The quantitative estimate of drug-likeness (QED) is 0.207. The Morgan fingerprint density at radius 3 is 2.83 bits per heavy atom. The molecule has 0 aliphatic carbocycles. The summed E-state index contributed by atoms with van der Waals surface area (Å²) >= 11 is 0. The number of carbonyl (C=O) groups excluding carboxylic acids is 2. The van der Waals surface area contributed by atoms with Gasteiger partial charge in [-0.25, -0.2) is 0 Å². The molecule has 1 aliphatic rings. The molecule has 0 aromatic rings. The van der Waals surface area contributed by atoms with Gasteiger partial charge in [-0.1, -0.05) is 0 Å². The van der Waals surface area contributed by atoms with E-state index >= 15 is 0 Å². The van der Waals surface area contributed by atoms with Crippen LogP contribution >= 0.6 is 0 Å². The molecule has 124 valence electrons. The Morgan fingerprint density at radius 2 is 2.30 bits per heavy atom. The number of hydrogen-bond donors (Lipinski definition) is 3. The standard InChI is InChI=1S/C12H16N6O5/c1-2-15-8-5-9(12(20)16-7-13)10(11(14)19)17(6-8)3-4-23-18(21)22/h5,15H,2-4,6H2,1H3,(H2,14,19)(H,16,20). The molecule has 0 saturated heterocycles. The van der Waals surface area contributed by atoms with Crippen molar-refractivity contribution in [2.24, 2.45) is 5.73 Å². The number of rotatable bonds is 8. The second kappa shape index (κ2) is 8.23. The summed E-state index contributed by atoms with van der Waals surface area (Å²) in [7, 11) is 0. The second-order valence-corrected chi connectivity index (χ2v) is 4.37. The number of nitriles is 1. The maximum absolute atomic E-state index is 12.0. The molecule has 0 aromatic carbocycles. The van der Waals surface area contributed by atoms with Crippen molar-refractivity contribution in [3.63, 3.8) is 0 Å². The monoisotopic (exact) mass is 324 g/mol. The van der Waals surface area contributed by atoms with Gasteiger partial charge >= 0.3 is 0 Å². The molecule has 4 N–H and O–H groups in total. The molecule has 0 saturated carbocycles. The summed E-state index contributed by atoms with van der Waals surface area (Å²) in [5.74, 6) is -1.68. The van der Waals surface area contributed by atoms with Gasteiger partial charge in [0, 0.05) is 18.8 Å². The predicted octanol–water partition coefficient (Wildman–Crippen LogP) is -1.66. The predicted molar refractivity (Wildman–Crippen MR) is 76.3 cm³/mol. The molecular weight excluding hydrogens is 308 g/mol. The minimum Gasteiger partial charge on any atom is -0.387 e. The lowest BCUT2D eigenvalue weighted by Gasteiger charge is -2.31. The van der Waals surface area contributed by atoms with E-state index in [4.69, 9.17) is 11.0 Å². The fraction of sp³-hybridized carbons (Fsp3) is 0.417. The van der Waals surface area contributed by atoms with Crippen molar-refractivity contribution in [1.29, 1.82) is 5.26 Å². The van der Waals surface area contributed by atoms with Crippen LogP contribution in [-0.4, -0.2) is 48.0 Å². The van der Waals surface area contributed by atoms with E-state index in [1.807, 2.05) is 12.2 Å². The van der Waals surface area contributed by atoms with Gasteiger partial charge in [-0.3, -0.25) is 14.9 Å². The van der Waals surface area contributed by atoms with Crippen LogP contribution in [0.5, 0.6) is 0 Å². The van der Waals surface area contributed by atoms with Crippen LogP contribution in [0.3, 0.4) is 0 Å². The second-order valence-electron chi connectivity index (χ2n) is 4.37. The van der Waals surface area contributed by atoms with Gasteiger partial charge < -0.3 is 20.8 Å². The zero-order valence-electron chi connectivity index (χ0n) is 12.4. The molecule has 1 rings (SSSR count). The van der Waals surface area contributed by atoms with E-state index in [-0.39, 0.29) is 31.0 Å². The molecule has 0 atom stereocenters. The van der Waals surface area contributed by atoms with Gasteiger partial charge in [-0.05, 0) is 13.0 Å². The Hall–Kier alpha value is -3.29. The zero-order valence-corrected chi connectivity index (χ0v) is 12.4. The van der Waals surface area contributed by atoms with E-state index in [0.29, 0.717) is 12.2 Å². The zero-order chi connectivity index (χ0) is 17.4. The molecule has 1 heterocycles. The molecule has 0 bridgehead atoms. The summed E-state index contributed by atoms with van der Waals surface area (Å²) in [4.78, 5) is 39.5. The fourth-order valence-corrected chi connectivity index (χ4v) is 2.07. The molecule has 0 unspecified atom stereocenters. The summed E-state index contributed by atoms with van der Waals surface area (Å²) in [6, 6.07) is 0. The fourth-order valence-electron chi connectivity index (χ4n) is 2.07. The van der Waals surface area contributed by atoms with Crippen LogP contribution in [0.15, 0.2) is 23.0 Å². The number of carbonyl (C=O) groups is 2. The highest BCUT2D eigenvalue weighted by atomic mass is 16.9. The average molecular weight is 324 g/mol. The van der Waals surface area contributed by atoms with Gasteiger partial charge in [0.05, 0.1) is 12.1 Å². The van der Waals surface area contributed by atoms with Crippen LogP contribution < -0.4 is 16.4 Å². The van der Waals surface area contributed by atoms with Crippen LogP contribution in [0.4, 0.5) is 0 Å². The van der Waals surface area contributed by atoms with E-state index in [1.165, 1.54) is 17.2 Å². The number of nitrogens with two attached hydrogens (primary N) is 1. The van der Waals surface area contributed by atoms with Crippen molar-refractivity contribution in [3.05, 3.63) is 33.2 Å². The molecule has 1 aliphatic heterocycles. The van der Waals surface area contributed by atoms with Crippen molar-refractivity contribution >= 4 is 11.8 Å². The van der Waals surface area contributed by atoms with E-state index in [2.05, 4.69) is 10.2 Å². The van der Waals surface area contributed by atoms with Gasteiger partial charge in [0.15, 0.2) is 6.19 Å². The molecule has 0 aromatic heterocycles. The summed E-state index contributed by atoms with van der Waals surface area (Å²) in [6.07, 6.45) is 2.89.